The van der Waals surface area contributed by atoms with Gasteiger partial charge in [0.1, 0.15) is 5.69 Å². The molecule has 0 saturated heterocycles. The summed E-state index contributed by atoms with van der Waals surface area (Å²) in [6.45, 7) is 1.85. The molecular formula is C12H11N3O5. The largest absolute Gasteiger partial charge is 0.461 e. The van der Waals surface area contributed by atoms with Gasteiger partial charge in [-0.05, 0) is 19.1 Å². The van der Waals surface area contributed by atoms with Gasteiger partial charge in [-0.25, -0.2) is 9.48 Å². The van der Waals surface area contributed by atoms with E-state index in [1.165, 1.54) is 24.3 Å². The first kappa shape index (κ1) is 13.5. The Morgan fingerprint density at radius 2 is 2.05 bits per heavy atom. The molecule has 0 atom stereocenters. The maximum absolute atomic E-state index is 11.8. The van der Waals surface area contributed by atoms with Crippen LogP contribution in [0.3, 0.4) is 0 Å². The summed E-state index contributed by atoms with van der Waals surface area (Å²) >= 11 is 0. The van der Waals surface area contributed by atoms with Gasteiger partial charge >= 0.3 is 5.97 Å². The van der Waals surface area contributed by atoms with Gasteiger partial charge in [-0.15, -0.1) is 0 Å². The Bertz CT molecular complexity index is 699. The van der Waals surface area contributed by atoms with Gasteiger partial charge in [-0.2, -0.15) is 0 Å². The van der Waals surface area contributed by atoms with Crippen molar-refractivity contribution in [1.29, 1.82) is 0 Å². The number of carbonyl (C=O) groups is 1. The second-order valence-corrected chi connectivity index (χ2v) is 3.84. The topological polar surface area (TPSA) is 107 Å². The molecule has 8 nitrogen and oxygen atoms in total. The quantitative estimate of drug-likeness (QED) is 0.514. The molecule has 0 amide bonds. The Morgan fingerprint density at radius 3 is 2.60 bits per heavy atom. The first-order valence-electron chi connectivity index (χ1n) is 5.77. The molecule has 20 heavy (non-hydrogen) atoms. The van der Waals surface area contributed by atoms with Gasteiger partial charge in [0, 0.05) is 18.2 Å². The lowest BCUT2D eigenvalue weighted by atomic mass is 10.3. The number of nitro benzene ring substituents is 1. The van der Waals surface area contributed by atoms with Gasteiger partial charge < -0.3 is 4.74 Å². The highest BCUT2D eigenvalue weighted by molar-refractivity contribution is 5.87. The molecule has 0 bridgehead atoms. The number of nitrogens with zero attached hydrogens (tertiary/aromatic N) is 2. The summed E-state index contributed by atoms with van der Waals surface area (Å²) in [5.74, 6) is -0.634. The SMILES string of the molecule is CCOC(=O)c1cc(=O)n(-c2ccc([N+](=O)[O-])cc2)[nH]1. The van der Waals surface area contributed by atoms with Crippen molar-refractivity contribution in [2.75, 3.05) is 6.61 Å². The average Bonchev–Trinajstić information content (AvgIpc) is 2.81. The van der Waals surface area contributed by atoms with Crippen molar-refractivity contribution in [3.63, 3.8) is 0 Å². The van der Waals surface area contributed by atoms with Gasteiger partial charge in [-0.3, -0.25) is 20.0 Å². The standard InChI is InChI=1S/C12H11N3O5/c1-2-20-12(17)10-7-11(16)14(13-10)8-3-5-9(6-4-8)15(18)19/h3-7,13H,2H2,1H3. The van der Waals surface area contributed by atoms with Gasteiger partial charge in [0.05, 0.1) is 17.2 Å². The molecule has 1 aromatic heterocycles. The monoisotopic (exact) mass is 277 g/mol. The van der Waals surface area contributed by atoms with E-state index in [2.05, 4.69) is 5.10 Å². The third kappa shape index (κ3) is 2.58. The normalized spacial score (nSPS) is 10.2. The van der Waals surface area contributed by atoms with Crippen LogP contribution in [0.25, 0.3) is 5.69 Å². The van der Waals surface area contributed by atoms with Crippen LogP contribution in [0.15, 0.2) is 35.1 Å². The van der Waals surface area contributed by atoms with Crippen LogP contribution in [0.2, 0.25) is 0 Å². The highest BCUT2D eigenvalue weighted by Gasteiger charge is 2.13. The van der Waals surface area contributed by atoms with Crippen molar-refractivity contribution in [3.8, 4) is 5.69 Å². The van der Waals surface area contributed by atoms with E-state index in [9.17, 15) is 19.7 Å². The van der Waals surface area contributed by atoms with Crippen LogP contribution in [0.5, 0.6) is 0 Å². The number of aromatic nitrogens is 2. The number of non-ortho nitro benzene ring substituents is 1. The smallest absolute Gasteiger partial charge is 0.356 e. The Kier molecular flexibility index (Phi) is 3.65. The summed E-state index contributed by atoms with van der Waals surface area (Å²) in [6.07, 6.45) is 0. The summed E-state index contributed by atoms with van der Waals surface area (Å²) in [6, 6.07) is 6.47. The first-order chi connectivity index (χ1) is 9.52. The second-order valence-electron chi connectivity index (χ2n) is 3.84. The van der Waals surface area contributed by atoms with E-state index in [1.807, 2.05) is 0 Å². The Labute approximate surface area is 112 Å². The predicted molar refractivity (Wildman–Crippen MR) is 69.0 cm³/mol. The molecule has 0 aliphatic rings. The number of rotatable bonds is 4. The third-order valence-electron chi connectivity index (χ3n) is 2.53. The number of benzene rings is 1. The zero-order chi connectivity index (χ0) is 14.7. The molecule has 104 valence electrons. The van der Waals surface area contributed by atoms with E-state index >= 15 is 0 Å². The van der Waals surface area contributed by atoms with E-state index < -0.39 is 16.5 Å². The lowest BCUT2D eigenvalue weighted by Crippen LogP contribution is -2.13. The summed E-state index contributed by atoms with van der Waals surface area (Å²) in [4.78, 5) is 33.3. The van der Waals surface area contributed by atoms with Gasteiger partial charge in [0.25, 0.3) is 11.2 Å². The van der Waals surface area contributed by atoms with Gasteiger partial charge in [0.15, 0.2) is 0 Å². The molecule has 1 N–H and O–H groups in total. The molecule has 0 fully saturated rings. The van der Waals surface area contributed by atoms with Crippen molar-refractivity contribution in [2.24, 2.45) is 0 Å². The van der Waals surface area contributed by atoms with Crippen LogP contribution in [-0.2, 0) is 4.74 Å². The maximum atomic E-state index is 11.8. The number of nitrogens with one attached hydrogen (secondary N) is 1. The third-order valence-corrected chi connectivity index (χ3v) is 2.53. The molecule has 0 spiro atoms. The molecule has 0 unspecified atom stereocenters. The van der Waals surface area contributed by atoms with Crippen LogP contribution in [-0.4, -0.2) is 27.3 Å². The first-order valence-corrected chi connectivity index (χ1v) is 5.77. The fourth-order valence-electron chi connectivity index (χ4n) is 1.62. The molecule has 2 aromatic rings. The van der Waals surface area contributed by atoms with E-state index in [0.29, 0.717) is 5.69 Å². The van der Waals surface area contributed by atoms with Crippen molar-refractivity contribution in [3.05, 3.63) is 56.5 Å². The zero-order valence-corrected chi connectivity index (χ0v) is 10.5. The Morgan fingerprint density at radius 1 is 1.40 bits per heavy atom. The van der Waals surface area contributed by atoms with Crippen molar-refractivity contribution in [2.45, 2.75) is 6.92 Å². The lowest BCUT2D eigenvalue weighted by molar-refractivity contribution is -0.384. The van der Waals surface area contributed by atoms with Crippen molar-refractivity contribution < 1.29 is 14.5 Å². The number of H-pyrrole nitrogens is 1. The van der Waals surface area contributed by atoms with Crippen molar-refractivity contribution >= 4 is 11.7 Å². The van der Waals surface area contributed by atoms with E-state index in [4.69, 9.17) is 4.74 Å². The number of hydrogen-bond donors (Lipinski definition) is 1. The number of aromatic amines is 1. The lowest BCUT2D eigenvalue weighted by Gasteiger charge is -2.01. The molecule has 0 radical (unpaired) electrons. The molecule has 1 aromatic carbocycles. The van der Waals surface area contributed by atoms with Crippen LogP contribution in [0.4, 0.5) is 5.69 Å². The predicted octanol–water partition coefficient (Wildman–Crippen LogP) is 1.25. The van der Waals surface area contributed by atoms with Gasteiger partial charge in [0.2, 0.25) is 0 Å². The number of ether oxygens (including phenoxy) is 1. The summed E-state index contributed by atoms with van der Waals surface area (Å²) in [5.41, 5.74) is -0.132. The minimum atomic E-state index is -0.634. The fraction of sp³-hybridized carbons (Fsp3) is 0.167. The van der Waals surface area contributed by atoms with Crippen LogP contribution >= 0.6 is 0 Å². The fourth-order valence-corrected chi connectivity index (χ4v) is 1.62. The molecule has 0 aliphatic heterocycles. The average molecular weight is 277 g/mol. The Balaban J connectivity index is 2.36. The van der Waals surface area contributed by atoms with Crippen molar-refractivity contribution in [1.82, 2.24) is 9.78 Å². The number of esters is 1. The Hall–Kier alpha value is -2.90. The molecule has 2 rings (SSSR count). The highest BCUT2D eigenvalue weighted by atomic mass is 16.6. The van der Waals surface area contributed by atoms with E-state index in [1.54, 1.807) is 6.92 Å². The van der Waals surface area contributed by atoms with E-state index in [0.717, 1.165) is 10.7 Å². The van der Waals surface area contributed by atoms with Crippen LogP contribution in [0, 0.1) is 10.1 Å². The second kappa shape index (κ2) is 5.39. The van der Waals surface area contributed by atoms with Crippen LogP contribution < -0.4 is 5.56 Å². The number of carbonyl (C=O) groups excluding carboxylic acids is 1. The van der Waals surface area contributed by atoms with Gasteiger partial charge in [-0.1, -0.05) is 0 Å². The molecular weight excluding hydrogens is 266 g/mol. The van der Waals surface area contributed by atoms with E-state index in [-0.39, 0.29) is 18.0 Å². The highest BCUT2D eigenvalue weighted by Crippen LogP contribution is 2.13. The minimum absolute atomic E-state index is 0.0233. The number of hydrogen-bond acceptors (Lipinski definition) is 5. The molecule has 0 aliphatic carbocycles. The zero-order valence-electron chi connectivity index (χ0n) is 10.5. The molecule has 1 heterocycles. The summed E-state index contributed by atoms with van der Waals surface area (Å²) in [7, 11) is 0. The minimum Gasteiger partial charge on any atom is -0.461 e. The van der Waals surface area contributed by atoms with Crippen LogP contribution in [0.1, 0.15) is 17.4 Å². The summed E-state index contributed by atoms with van der Waals surface area (Å²) < 4.78 is 5.88. The molecule has 8 heteroatoms. The number of nitro groups is 1. The summed E-state index contributed by atoms with van der Waals surface area (Å²) in [5, 5.41) is 13.1. The molecule has 0 saturated carbocycles. The maximum Gasteiger partial charge on any atom is 0.356 e.